The summed E-state index contributed by atoms with van der Waals surface area (Å²) >= 11 is 0. The van der Waals surface area contributed by atoms with E-state index in [0.29, 0.717) is 6.61 Å². The van der Waals surface area contributed by atoms with Crippen molar-refractivity contribution in [3.05, 3.63) is 35.4 Å². The van der Waals surface area contributed by atoms with Crippen LogP contribution in [0.1, 0.15) is 29.8 Å². The molecule has 1 saturated heterocycles. The number of nitrogens with zero attached hydrogens (tertiary/aromatic N) is 1. The summed E-state index contributed by atoms with van der Waals surface area (Å²) in [6.45, 7) is 4.27. The van der Waals surface area contributed by atoms with Gasteiger partial charge < -0.3 is 9.64 Å². The molecule has 1 heterocycles. The fraction of sp³-hybridized carbons (Fsp3) is 0.462. The lowest BCUT2D eigenvalue weighted by Crippen LogP contribution is -2.44. The molecule has 0 N–H and O–H groups in total. The second-order valence-electron chi connectivity index (χ2n) is 5.10. The lowest BCUT2D eigenvalue weighted by Gasteiger charge is -2.29. The first-order chi connectivity index (χ1) is 8.72. The third kappa shape index (κ3) is 2.73. The fourth-order valence-corrected chi connectivity index (χ4v) is 1.93. The summed E-state index contributed by atoms with van der Waals surface area (Å²) in [7, 11) is 0. The Hall–Kier alpha value is -1.56. The molecule has 6 heteroatoms. The number of rotatable bonds is 1. The third-order valence-corrected chi connectivity index (χ3v) is 3.11. The molecule has 1 aromatic rings. The van der Waals surface area contributed by atoms with Gasteiger partial charge in [0.05, 0.1) is 17.7 Å². The van der Waals surface area contributed by atoms with Gasteiger partial charge in [-0.2, -0.15) is 13.2 Å². The highest BCUT2D eigenvalue weighted by molar-refractivity contribution is 5.94. The maximum Gasteiger partial charge on any atom is 0.416 e. The molecule has 0 spiro atoms. The zero-order chi connectivity index (χ0) is 14.3. The molecule has 0 radical (unpaired) electrons. The first kappa shape index (κ1) is 13.9. The summed E-state index contributed by atoms with van der Waals surface area (Å²) in [5, 5.41) is 0. The van der Waals surface area contributed by atoms with Gasteiger partial charge in [-0.05, 0) is 38.1 Å². The first-order valence-corrected chi connectivity index (χ1v) is 5.79. The standard InChI is InChI=1S/C13H14F3NO2/c1-12(2)7-19-8-17(12)11(18)9-3-5-10(6-4-9)13(14,15)16/h3-6H,7-8H2,1-2H3. The number of ether oxygens (including phenoxy) is 1. The van der Waals surface area contributed by atoms with Crippen molar-refractivity contribution in [1.29, 1.82) is 0 Å². The van der Waals surface area contributed by atoms with Crippen LogP contribution in [0.4, 0.5) is 13.2 Å². The van der Waals surface area contributed by atoms with Gasteiger partial charge in [-0.25, -0.2) is 0 Å². The predicted molar refractivity (Wildman–Crippen MR) is 62.5 cm³/mol. The molecule has 1 aliphatic heterocycles. The van der Waals surface area contributed by atoms with Crippen LogP contribution in [0, 0.1) is 0 Å². The predicted octanol–water partition coefficient (Wildman–Crippen LogP) is 2.91. The average Bonchev–Trinajstić information content (AvgIpc) is 2.67. The van der Waals surface area contributed by atoms with E-state index in [1.165, 1.54) is 17.0 Å². The van der Waals surface area contributed by atoms with Crippen molar-refractivity contribution in [3.8, 4) is 0 Å². The first-order valence-electron chi connectivity index (χ1n) is 5.79. The monoisotopic (exact) mass is 273 g/mol. The van der Waals surface area contributed by atoms with Gasteiger partial charge in [0.2, 0.25) is 0 Å². The van der Waals surface area contributed by atoms with E-state index in [1.807, 2.05) is 13.8 Å². The highest BCUT2D eigenvalue weighted by atomic mass is 19.4. The Bertz CT molecular complexity index is 480. The van der Waals surface area contributed by atoms with Gasteiger partial charge in [0.1, 0.15) is 6.73 Å². The molecule has 104 valence electrons. The van der Waals surface area contributed by atoms with Crippen molar-refractivity contribution in [3.63, 3.8) is 0 Å². The minimum absolute atomic E-state index is 0.160. The number of benzene rings is 1. The highest BCUT2D eigenvalue weighted by Crippen LogP contribution is 2.30. The fourth-order valence-electron chi connectivity index (χ4n) is 1.93. The second kappa shape index (κ2) is 4.52. The van der Waals surface area contributed by atoms with Crippen LogP contribution in [-0.2, 0) is 10.9 Å². The molecule has 0 bridgehead atoms. The molecule has 1 fully saturated rings. The van der Waals surface area contributed by atoms with E-state index in [1.54, 1.807) is 0 Å². The van der Waals surface area contributed by atoms with E-state index in [-0.39, 0.29) is 18.2 Å². The van der Waals surface area contributed by atoms with Crippen molar-refractivity contribution in [2.45, 2.75) is 25.6 Å². The maximum absolute atomic E-state index is 12.4. The molecular formula is C13H14F3NO2. The molecule has 0 unspecified atom stereocenters. The zero-order valence-electron chi connectivity index (χ0n) is 10.6. The Balaban J connectivity index is 2.21. The summed E-state index contributed by atoms with van der Waals surface area (Å²) < 4.78 is 42.5. The maximum atomic E-state index is 12.4. The van der Waals surface area contributed by atoms with E-state index in [2.05, 4.69) is 0 Å². The summed E-state index contributed by atoms with van der Waals surface area (Å²) in [5.74, 6) is -0.323. The SMILES string of the molecule is CC1(C)COCN1C(=O)c1ccc(C(F)(F)F)cc1. The van der Waals surface area contributed by atoms with Crippen molar-refractivity contribution in [2.24, 2.45) is 0 Å². The van der Waals surface area contributed by atoms with Crippen molar-refractivity contribution in [2.75, 3.05) is 13.3 Å². The molecule has 0 atom stereocenters. The molecular weight excluding hydrogens is 259 g/mol. The van der Waals surface area contributed by atoms with Crippen LogP contribution in [0.2, 0.25) is 0 Å². The van der Waals surface area contributed by atoms with Gasteiger partial charge in [-0.3, -0.25) is 4.79 Å². The summed E-state index contributed by atoms with van der Waals surface area (Å²) in [5.41, 5.74) is -0.979. The Labute approximate surface area is 109 Å². The van der Waals surface area contributed by atoms with Crippen LogP contribution in [0.5, 0.6) is 0 Å². The van der Waals surface area contributed by atoms with Gasteiger partial charge in [0.25, 0.3) is 5.91 Å². The second-order valence-corrected chi connectivity index (χ2v) is 5.10. The minimum Gasteiger partial charge on any atom is -0.359 e. The van der Waals surface area contributed by atoms with E-state index in [9.17, 15) is 18.0 Å². The van der Waals surface area contributed by atoms with Gasteiger partial charge in [0, 0.05) is 5.56 Å². The molecule has 1 amide bonds. The Morgan fingerprint density at radius 3 is 2.26 bits per heavy atom. The number of halogens is 3. The van der Waals surface area contributed by atoms with Crippen LogP contribution < -0.4 is 0 Å². The minimum atomic E-state index is -4.39. The van der Waals surface area contributed by atoms with E-state index < -0.39 is 17.3 Å². The Morgan fingerprint density at radius 2 is 1.84 bits per heavy atom. The van der Waals surface area contributed by atoms with Crippen LogP contribution in [0.3, 0.4) is 0 Å². The Kier molecular flexibility index (Phi) is 3.30. The van der Waals surface area contributed by atoms with Gasteiger partial charge in [-0.15, -0.1) is 0 Å². The van der Waals surface area contributed by atoms with E-state index in [0.717, 1.165) is 12.1 Å². The molecule has 1 aliphatic rings. The van der Waals surface area contributed by atoms with Crippen molar-refractivity contribution in [1.82, 2.24) is 4.90 Å². The van der Waals surface area contributed by atoms with Crippen LogP contribution in [0.25, 0.3) is 0 Å². The summed E-state index contributed by atoms with van der Waals surface area (Å²) in [6.07, 6.45) is -4.39. The van der Waals surface area contributed by atoms with Crippen LogP contribution in [-0.4, -0.2) is 29.7 Å². The summed E-state index contributed by atoms with van der Waals surface area (Å²) in [6, 6.07) is 4.22. The van der Waals surface area contributed by atoms with Crippen LogP contribution >= 0.6 is 0 Å². The van der Waals surface area contributed by atoms with Gasteiger partial charge >= 0.3 is 6.18 Å². The Morgan fingerprint density at radius 1 is 1.26 bits per heavy atom. The highest BCUT2D eigenvalue weighted by Gasteiger charge is 2.37. The van der Waals surface area contributed by atoms with Gasteiger partial charge in [0.15, 0.2) is 0 Å². The lowest BCUT2D eigenvalue weighted by molar-refractivity contribution is -0.137. The van der Waals surface area contributed by atoms with Gasteiger partial charge in [-0.1, -0.05) is 0 Å². The average molecular weight is 273 g/mol. The van der Waals surface area contributed by atoms with Crippen molar-refractivity contribution >= 4 is 5.91 Å². The third-order valence-electron chi connectivity index (χ3n) is 3.11. The number of hydrogen-bond donors (Lipinski definition) is 0. The molecule has 19 heavy (non-hydrogen) atoms. The molecule has 0 saturated carbocycles. The van der Waals surface area contributed by atoms with E-state index >= 15 is 0 Å². The quantitative estimate of drug-likeness (QED) is 0.787. The van der Waals surface area contributed by atoms with E-state index in [4.69, 9.17) is 4.74 Å². The zero-order valence-corrected chi connectivity index (χ0v) is 10.6. The number of carbonyl (C=O) groups excluding carboxylic acids is 1. The lowest BCUT2D eigenvalue weighted by atomic mass is 10.0. The number of alkyl halides is 3. The van der Waals surface area contributed by atoms with Crippen LogP contribution in [0.15, 0.2) is 24.3 Å². The topological polar surface area (TPSA) is 29.5 Å². The molecule has 0 aromatic heterocycles. The molecule has 0 aliphatic carbocycles. The number of carbonyl (C=O) groups is 1. The number of amides is 1. The number of hydrogen-bond acceptors (Lipinski definition) is 2. The molecule has 1 aromatic carbocycles. The molecule has 3 nitrogen and oxygen atoms in total. The molecule has 2 rings (SSSR count). The largest absolute Gasteiger partial charge is 0.416 e. The van der Waals surface area contributed by atoms with Crippen molar-refractivity contribution < 1.29 is 22.7 Å². The smallest absolute Gasteiger partial charge is 0.359 e. The summed E-state index contributed by atoms with van der Waals surface area (Å²) in [4.78, 5) is 13.7. The normalized spacial score (nSPS) is 18.7.